The molecule has 0 spiro atoms. The van der Waals surface area contributed by atoms with E-state index in [-0.39, 0.29) is 17.5 Å². The van der Waals surface area contributed by atoms with Crippen LogP contribution in [0.2, 0.25) is 0 Å². The number of ether oxygens (including phenoxy) is 1. The predicted octanol–water partition coefficient (Wildman–Crippen LogP) is 4.39. The highest BCUT2D eigenvalue weighted by Gasteiger charge is 2.36. The number of halogens is 3. The molecule has 9 heteroatoms. The first-order valence-corrected chi connectivity index (χ1v) is 9.49. The zero-order chi connectivity index (χ0) is 21.4. The van der Waals surface area contributed by atoms with E-state index >= 15 is 0 Å². The number of amides is 1. The average molecular weight is 410 g/mol. The maximum absolute atomic E-state index is 13.3. The van der Waals surface area contributed by atoms with Crippen molar-refractivity contribution in [3.8, 4) is 0 Å². The normalized spacial score (nSPS) is 20.6. The Morgan fingerprint density at radius 3 is 2.62 bits per heavy atom. The van der Waals surface area contributed by atoms with Crippen LogP contribution in [0.15, 0.2) is 24.5 Å². The molecule has 2 aromatic rings. The highest BCUT2D eigenvalue weighted by molar-refractivity contribution is 5.93. The van der Waals surface area contributed by atoms with Gasteiger partial charge in [-0.15, -0.1) is 0 Å². The number of hydrogen-bond donors (Lipinski definition) is 1. The molecule has 1 aliphatic rings. The van der Waals surface area contributed by atoms with Gasteiger partial charge in [-0.05, 0) is 45.2 Å². The van der Waals surface area contributed by atoms with Gasteiger partial charge in [-0.2, -0.15) is 13.2 Å². The van der Waals surface area contributed by atoms with Gasteiger partial charge in [0.05, 0.1) is 11.9 Å². The molecule has 1 amide bonds. The molecule has 0 radical (unpaired) electrons. The predicted molar refractivity (Wildman–Crippen MR) is 104 cm³/mol. The first-order chi connectivity index (χ1) is 13.4. The number of fused-ring (bicyclic) bond motifs is 1. The van der Waals surface area contributed by atoms with Gasteiger partial charge in [0.25, 0.3) is 0 Å². The van der Waals surface area contributed by atoms with E-state index in [9.17, 15) is 18.0 Å². The van der Waals surface area contributed by atoms with Crippen molar-refractivity contribution in [3.05, 3.63) is 30.2 Å². The van der Waals surface area contributed by atoms with Crippen LogP contribution < -0.4 is 10.2 Å². The average Bonchev–Trinajstić information content (AvgIpc) is 2.57. The van der Waals surface area contributed by atoms with E-state index in [1.54, 1.807) is 32.9 Å². The first kappa shape index (κ1) is 21.1. The molecular weight excluding hydrogens is 385 g/mol. The second-order valence-corrected chi connectivity index (χ2v) is 8.48. The number of carbonyl (C=O) groups is 1. The third-order valence-electron chi connectivity index (χ3n) is 4.61. The Morgan fingerprint density at radius 2 is 1.97 bits per heavy atom. The maximum Gasteiger partial charge on any atom is 0.435 e. The van der Waals surface area contributed by atoms with Crippen LogP contribution in [-0.4, -0.2) is 40.8 Å². The van der Waals surface area contributed by atoms with E-state index in [0.717, 1.165) is 6.42 Å². The molecule has 1 saturated heterocycles. The number of carbonyl (C=O) groups excluding carboxylic acids is 1. The van der Waals surface area contributed by atoms with Crippen molar-refractivity contribution < 1.29 is 22.7 Å². The highest BCUT2D eigenvalue weighted by atomic mass is 19.4. The second kappa shape index (κ2) is 7.68. The SMILES string of the molecule is C[C@H]1C[C@@H](NC(=O)OC(C)(C)C)CN(c2cnc(C(F)(F)F)c3ncccc23)C1. The van der Waals surface area contributed by atoms with Crippen LogP contribution in [0, 0.1) is 5.92 Å². The minimum Gasteiger partial charge on any atom is -0.444 e. The smallest absolute Gasteiger partial charge is 0.435 e. The molecule has 1 aliphatic heterocycles. The molecule has 29 heavy (non-hydrogen) atoms. The summed E-state index contributed by atoms with van der Waals surface area (Å²) in [7, 11) is 0. The summed E-state index contributed by atoms with van der Waals surface area (Å²) in [6.45, 7) is 8.48. The Labute approximate surface area is 167 Å². The molecule has 0 unspecified atom stereocenters. The van der Waals surface area contributed by atoms with Gasteiger partial charge in [0, 0.05) is 30.7 Å². The topological polar surface area (TPSA) is 67.3 Å². The molecule has 1 N–H and O–H groups in total. The van der Waals surface area contributed by atoms with Crippen molar-refractivity contribution >= 4 is 22.7 Å². The second-order valence-electron chi connectivity index (χ2n) is 8.48. The number of rotatable bonds is 2. The van der Waals surface area contributed by atoms with E-state index in [2.05, 4.69) is 15.3 Å². The lowest BCUT2D eigenvalue weighted by Crippen LogP contribution is -2.51. The maximum atomic E-state index is 13.3. The van der Waals surface area contributed by atoms with Gasteiger partial charge in [-0.25, -0.2) is 9.78 Å². The van der Waals surface area contributed by atoms with Crippen LogP contribution in [-0.2, 0) is 10.9 Å². The van der Waals surface area contributed by atoms with Gasteiger partial charge in [0.15, 0.2) is 5.69 Å². The minimum atomic E-state index is -4.58. The number of pyridine rings is 2. The van der Waals surface area contributed by atoms with Crippen LogP contribution in [0.5, 0.6) is 0 Å². The minimum absolute atomic E-state index is 0.174. The Morgan fingerprint density at radius 1 is 1.24 bits per heavy atom. The van der Waals surface area contributed by atoms with E-state index in [1.165, 1.54) is 12.4 Å². The molecule has 3 rings (SSSR count). The fourth-order valence-corrected chi connectivity index (χ4v) is 3.64. The molecule has 2 aromatic heterocycles. The molecule has 3 heterocycles. The Hall–Kier alpha value is -2.58. The summed E-state index contributed by atoms with van der Waals surface area (Å²) in [5, 5.41) is 3.26. The fraction of sp³-hybridized carbons (Fsp3) is 0.550. The molecule has 1 fully saturated rings. The van der Waals surface area contributed by atoms with Crippen LogP contribution >= 0.6 is 0 Å². The molecule has 0 aliphatic carbocycles. The van der Waals surface area contributed by atoms with E-state index in [0.29, 0.717) is 24.2 Å². The number of anilines is 1. The number of aromatic nitrogens is 2. The molecule has 0 saturated carbocycles. The molecular formula is C20H25F3N4O2. The zero-order valence-corrected chi connectivity index (χ0v) is 16.9. The van der Waals surface area contributed by atoms with Crippen molar-refractivity contribution in [2.45, 2.75) is 51.9 Å². The fourth-order valence-electron chi connectivity index (χ4n) is 3.64. The Kier molecular flexibility index (Phi) is 5.60. The van der Waals surface area contributed by atoms with Gasteiger partial charge >= 0.3 is 12.3 Å². The number of hydrogen-bond acceptors (Lipinski definition) is 5. The van der Waals surface area contributed by atoms with Crippen molar-refractivity contribution in [2.24, 2.45) is 5.92 Å². The van der Waals surface area contributed by atoms with Gasteiger partial charge in [-0.3, -0.25) is 4.98 Å². The lowest BCUT2D eigenvalue weighted by Gasteiger charge is -2.38. The third kappa shape index (κ3) is 5.07. The quantitative estimate of drug-likeness (QED) is 0.796. The molecule has 2 atom stereocenters. The number of nitrogens with zero attached hydrogens (tertiary/aromatic N) is 3. The highest BCUT2D eigenvalue weighted by Crippen LogP contribution is 2.36. The van der Waals surface area contributed by atoms with E-state index < -0.39 is 23.6 Å². The van der Waals surface area contributed by atoms with Crippen LogP contribution in [0.3, 0.4) is 0 Å². The zero-order valence-electron chi connectivity index (χ0n) is 16.9. The molecule has 0 bridgehead atoms. The van der Waals surface area contributed by atoms with Crippen molar-refractivity contribution in [2.75, 3.05) is 18.0 Å². The van der Waals surface area contributed by atoms with Gasteiger partial charge < -0.3 is 15.0 Å². The summed E-state index contributed by atoms with van der Waals surface area (Å²) in [6, 6.07) is 3.03. The van der Waals surface area contributed by atoms with Crippen LogP contribution in [0.4, 0.5) is 23.7 Å². The molecule has 6 nitrogen and oxygen atoms in total. The van der Waals surface area contributed by atoms with Crippen molar-refractivity contribution in [1.82, 2.24) is 15.3 Å². The van der Waals surface area contributed by atoms with E-state index in [1.807, 2.05) is 11.8 Å². The largest absolute Gasteiger partial charge is 0.444 e. The summed E-state index contributed by atoms with van der Waals surface area (Å²) in [5.41, 5.74) is -1.20. The van der Waals surface area contributed by atoms with Gasteiger partial charge in [0.1, 0.15) is 11.1 Å². The number of alkyl carbamates (subject to hydrolysis) is 1. The van der Waals surface area contributed by atoms with E-state index in [4.69, 9.17) is 4.74 Å². The summed E-state index contributed by atoms with van der Waals surface area (Å²) in [5.74, 6) is 0.220. The Balaban J connectivity index is 1.88. The molecule has 158 valence electrons. The van der Waals surface area contributed by atoms with Crippen molar-refractivity contribution in [3.63, 3.8) is 0 Å². The Bertz CT molecular complexity index is 895. The third-order valence-corrected chi connectivity index (χ3v) is 4.61. The van der Waals surface area contributed by atoms with Crippen LogP contribution in [0.25, 0.3) is 10.9 Å². The summed E-state index contributed by atoms with van der Waals surface area (Å²) in [4.78, 5) is 21.7. The lowest BCUT2D eigenvalue weighted by atomic mass is 9.95. The summed E-state index contributed by atoms with van der Waals surface area (Å²) < 4.78 is 45.3. The van der Waals surface area contributed by atoms with Crippen molar-refractivity contribution in [1.29, 1.82) is 0 Å². The molecule has 0 aromatic carbocycles. The number of piperidine rings is 1. The monoisotopic (exact) mass is 410 g/mol. The standard InChI is InChI=1S/C20H25F3N4O2/c1-12-8-13(26-18(28)29-19(2,3)4)11-27(10-12)15-9-25-17(20(21,22)23)16-14(15)6-5-7-24-16/h5-7,9,12-13H,8,10-11H2,1-4H3,(H,26,28)/t12-,13+/m0/s1. The number of alkyl halides is 3. The van der Waals surface area contributed by atoms with Gasteiger partial charge in [0.2, 0.25) is 0 Å². The first-order valence-electron chi connectivity index (χ1n) is 9.49. The lowest BCUT2D eigenvalue weighted by molar-refractivity contribution is -0.139. The summed E-state index contributed by atoms with van der Waals surface area (Å²) in [6.07, 6.45) is -1.76. The number of nitrogens with one attached hydrogen (secondary N) is 1. The summed E-state index contributed by atoms with van der Waals surface area (Å²) >= 11 is 0. The van der Waals surface area contributed by atoms with Crippen LogP contribution in [0.1, 0.15) is 39.8 Å². The van der Waals surface area contributed by atoms with Gasteiger partial charge in [-0.1, -0.05) is 6.92 Å².